The summed E-state index contributed by atoms with van der Waals surface area (Å²) >= 11 is 0. The lowest BCUT2D eigenvalue weighted by Gasteiger charge is -2.09. The van der Waals surface area contributed by atoms with E-state index in [1.165, 1.54) is 12.1 Å². The van der Waals surface area contributed by atoms with Crippen molar-refractivity contribution in [3.8, 4) is 28.8 Å². The van der Waals surface area contributed by atoms with Gasteiger partial charge in [0.15, 0.2) is 17.5 Å². The predicted molar refractivity (Wildman–Crippen MR) is 110 cm³/mol. The molecule has 0 bridgehead atoms. The second-order valence-electron chi connectivity index (χ2n) is 6.87. The molecular weight excluding hydrogens is 417 g/mol. The zero-order valence-electron chi connectivity index (χ0n) is 16.0. The summed E-state index contributed by atoms with van der Waals surface area (Å²) < 4.78 is 45.6. The molecule has 152 valence electrons. The van der Waals surface area contributed by atoms with Crippen LogP contribution in [-0.2, 0) is 0 Å². The summed E-state index contributed by atoms with van der Waals surface area (Å²) in [5, 5.41) is 9.42. The zero-order valence-corrected chi connectivity index (χ0v) is 16.0. The fourth-order valence-corrected chi connectivity index (χ4v) is 3.60. The Bertz CT molecular complexity index is 1530. The number of nitrogens with zero attached hydrogens (tertiary/aromatic N) is 4. The molecule has 0 unspecified atom stereocenters. The number of fused-ring (bicyclic) bond motifs is 4. The zero-order chi connectivity index (χ0) is 22.4. The van der Waals surface area contributed by atoms with Gasteiger partial charge in [-0.3, -0.25) is 0 Å². The number of rotatable bonds is 2. The van der Waals surface area contributed by atoms with Crippen molar-refractivity contribution in [2.24, 2.45) is 0 Å². The average molecular weight is 426 g/mol. The maximum atomic E-state index is 13.5. The molecule has 5 rings (SSSR count). The van der Waals surface area contributed by atoms with Crippen LogP contribution in [0.2, 0.25) is 0 Å². The van der Waals surface area contributed by atoms with Crippen molar-refractivity contribution in [2.45, 2.75) is 0 Å². The van der Waals surface area contributed by atoms with Crippen molar-refractivity contribution >= 4 is 16.6 Å². The van der Waals surface area contributed by atoms with E-state index in [1.54, 1.807) is 18.2 Å². The van der Waals surface area contributed by atoms with Gasteiger partial charge in [0.1, 0.15) is 11.5 Å². The van der Waals surface area contributed by atoms with Crippen LogP contribution in [0.1, 0.15) is 11.3 Å². The van der Waals surface area contributed by atoms with Gasteiger partial charge in [0.05, 0.1) is 35.1 Å². The van der Waals surface area contributed by atoms with E-state index in [2.05, 4.69) is 14.8 Å². The number of ether oxygens (including phenoxy) is 1. The second-order valence-corrected chi connectivity index (χ2v) is 6.87. The van der Waals surface area contributed by atoms with Crippen molar-refractivity contribution in [1.29, 1.82) is 5.26 Å². The summed E-state index contributed by atoms with van der Waals surface area (Å²) in [5.74, 6) is -4.28. The van der Waals surface area contributed by atoms with Gasteiger partial charge >= 0.3 is 0 Å². The Morgan fingerprint density at radius 2 is 1.56 bits per heavy atom. The summed E-state index contributed by atoms with van der Waals surface area (Å²) in [4.78, 5) is 12.6. The SMILES string of the molecule is [C-]#[N+]C(C#N)=C1c2ccccc2-c2nc3cc(Oc4cc(F)c(F)c(F)c4)ccc3nc21. The number of nitriles is 1. The van der Waals surface area contributed by atoms with Gasteiger partial charge in [-0.25, -0.2) is 33.2 Å². The molecular formula is C24H9F3N4O. The van der Waals surface area contributed by atoms with Gasteiger partial charge in [-0.05, 0) is 17.7 Å². The monoisotopic (exact) mass is 426 g/mol. The van der Waals surface area contributed by atoms with Gasteiger partial charge < -0.3 is 4.74 Å². The molecule has 0 atom stereocenters. The first-order chi connectivity index (χ1) is 15.5. The molecule has 1 aromatic heterocycles. The van der Waals surface area contributed by atoms with Crippen LogP contribution in [-0.4, -0.2) is 9.97 Å². The van der Waals surface area contributed by atoms with Crippen molar-refractivity contribution in [1.82, 2.24) is 9.97 Å². The largest absolute Gasteiger partial charge is 0.457 e. The van der Waals surface area contributed by atoms with Crippen molar-refractivity contribution in [2.75, 3.05) is 0 Å². The Kier molecular flexibility index (Phi) is 4.35. The Labute approximate surface area is 179 Å². The van der Waals surface area contributed by atoms with Gasteiger partial charge in [-0.1, -0.05) is 24.3 Å². The molecule has 8 heteroatoms. The predicted octanol–water partition coefficient (Wildman–Crippen LogP) is 6.02. The van der Waals surface area contributed by atoms with E-state index in [-0.39, 0.29) is 17.2 Å². The van der Waals surface area contributed by atoms with Crippen LogP contribution in [0.25, 0.3) is 32.7 Å². The van der Waals surface area contributed by atoms with E-state index in [0.717, 1.165) is 17.7 Å². The van der Waals surface area contributed by atoms with Gasteiger partial charge in [-0.2, -0.15) is 0 Å². The highest BCUT2D eigenvalue weighted by Gasteiger charge is 2.29. The summed E-state index contributed by atoms with van der Waals surface area (Å²) in [6.07, 6.45) is 0. The molecule has 1 aliphatic carbocycles. The first-order valence-corrected chi connectivity index (χ1v) is 9.26. The summed E-state index contributed by atoms with van der Waals surface area (Å²) in [5.41, 5.74) is 3.63. The van der Waals surface area contributed by atoms with Crippen LogP contribution in [0.5, 0.6) is 11.5 Å². The first-order valence-electron chi connectivity index (χ1n) is 9.26. The number of halogens is 3. The lowest BCUT2D eigenvalue weighted by Crippen LogP contribution is -1.95. The van der Waals surface area contributed by atoms with E-state index >= 15 is 0 Å². The minimum atomic E-state index is -1.57. The fourth-order valence-electron chi connectivity index (χ4n) is 3.60. The maximum absolute atomic E-state index is 13.5. The van der Waals surface area contributed by atoms with Gasteiger partial charge in [-0.15, -0.1) is 0 Å². The highest BCUT2D eigenvalue weighted by Crippen LogP contribution is 2.44. The Morgan fingerprint density at radius 3 is 2.25 bits per heavy atom. The molecule has 0 N–H and O–H groups in total. The molecule has 4 aromatic rings. The van der Waals surface area contributed by atoms with Crippen LogP contribution in [0.4, 0.5) is 13.2 Å². The molecule has 32 heavy (non-hydrogen) atoms. The van der Waals surface area contributed by atoms with E-state index < -0.39 is 17.5 Å². The molecule has 0 fully saturated rings. The quantitative estimate of drug-likeness (QED) is 0.197. The average Bonchev–Trinajstić information content (AvgIpc) is 3.10. The minimum Gasteiger partial charge on any atom is -0.457 e. The summed E-state index contributed by atoms with van der Waals surface area (Å²) in [6.45, 7) is 7.35. The van der Waals surface area contributed by atoms with Gasteiger partial charge in [0.2, 0.25) is 0 Å². The molecule has 0 radical (unpaired) electrons. The molecule has 0 saturated heterocycles. The molecule has 0 amide bonds. The van der Waals surface area contributed by atoms with E-state index in [1.807, 2.05) is 18.2 Å². The minimum absolute atomic E-state index is 0.0785. The molecule has 3 aromatic carbocycles. The first kappa shape index (κ1) is 19.3. The lowest BCUT2D eigenvalue weighted by atomic mass is 10.0. The smallest absolute Gasteiger partial charge is 0.271 e. The van der Waals surface area contributed by atoms with E-state index in [4.69, 9.17) is 11.3 Å². The highest BCUT2D eigenvalue weighted by molar-refractivity contribution is 6.02. The maximum Gasteiger partial charge on any atom is 0.271 e. The van der Waals surface area contributed by atoms with E-state index in [0.29, 0.717) is 33.6 Å². The van der Waals surface area contributed by atoms with Crippen LogP contribution in [0.3, 0.4) is 0 Å². The number of allylic oxidation sites excluding steroid dienone is 1. The fraction of sp³-hybridized carbons (Fsp3) is 0. The number of hydrogen-bond donors (Lipinski definition) is 0. The number of benzene rings is 3. The molecule has 0 saturated carbocycles. The lowest BCUT2D eigenvalue weighted by molar-refractivity contribution is 0.424. The third-order valence-corrected chi connectivity index (χ3v) is 4.97. The highest BCUT2D eigenvalue weighted by atomic mass is 19.2. The Balaban J connectivity index is 1.65. The number of hydrogen-bond acceptors (Lipinski definition) is 4. The molecule has 1 aliphatic rings. The molecule has 5 nitrogen and oxygen atoms in total. The topological polar surface area (TPSA) is 63.2 Å². The van der Waals surface area contributed by atoms with Crippen LogP contribution < -0.4 is 4.74 Å². The van der Waals surface area contributed by atoms with E-state index in [9.17, 15) is 18.4 Å². The Hall–Kier alpha value is -4.69. The standard InChI is InChI=1S/C24H9F3N4O/c1-29-20(11-28)21-14-4-2-3-5-15(14)23-24(21)30-18-7-6-12(10-19(18)31-23)32-13-8-16(25)22(27)17(26)9-13/h2-10H. The van der Waals surface area contributed by atoms with Crippen molar-refractivity contribution < 1.29 is 17.9 Å². The molecule has 0 aliphatic heterocycles. The number of aromatic nitrogens is 2. The van der Waals surface area contributed by atoms with Crippen LogP contribution in [0.15, 0.2) is 60.3 Å². The third kappa shape index (κ3) is 2.94. The van der Waals surface area contributed by atoms with Crippen molar-refractivity contribution in [3.05, 3.63) is 100 Å². The second kappa shape index (κ2) is 7.22. The van der Waals surface area contributed by atoms with Gasteiger partial charge in [0.25, 0.3) is 5.70 Å². The summed E-state index contributed by atoms with van der Waals surface area (Å²) in [7, 11) is 0. The normalized spacial score (nSPS) is 13.2. The van der Waals surface area contributed by atoms with Crippen LogP contribution in [0, 0.1) is 35.4 Å². The third-order valence-electron chi connectivity index (χ3n) is 4.97. The summed E-state index contributed by atoms with van der Waals surface area (Å²) in [6, 6.07) is 15.3. The van der Waals surface area contributed by atoms with Gasteiger partial charge in [0, 0.05) is 29.3 Å². The van der Waals surface area contributed by atoms with Crippen molar-refractivity contribution in [3.63, 3.8) is 0 Å². The molecule has 0 spiro atoms. The van der Waals surface area contributed by atoms with Crippen LogP contribution >= 0.6 is 0 Å². The molecule has 1 heterocycles. The Morgan fingerprint density at radius 1 is 0.875 bits per heavy atom.